The van der Waals surface area contributed by atoms with Crippen LogP contribution in [0, 0.1) is 17.0 Å². The van der Waals surface area contributed by atoms with Gasteiger partial charge in [0.15, 0.2) is 0 Å². The number of rotatable bonds is 8. The van der Waals surface area contributed by atoms with Gasteiger partial charge in [0.2, 0.25) is 11.6 Å². The first-order chi connectivity index (χ1) is 16.5. The third-order valence-corrected chi connectivity index (χ3v) is 4.86. The standard InChI is InChI=1S/C24H21N7O3/c1-17-12-14-18(15-13-17)24(32)28-27-22-21(31(33)34)23(26-16-25-22)29-30(19-8-4-2-5-9-19)20-10-6-3-7-11-20/h2-16H,1H3,(H,28,32)(H2,25,26,27,29). The number of nitrogens with one attached hydrogen (secondary N) is 3. The predicted octanol–water partition coefficient (Wildman–Crippen LogP) is 4.62. The van der Waals surface area contributed by atoms with Crippen molar-refractivity contribution in [3.8, 4) is 0 Å². The molecule has 1 heterocycles. The van der Waals surface area contributed by atoms with Crippen LogP contribution in [-0.2, 0) is 0 Å². The molecule has 0 bridgehead atoms. The first-order valence-corrected chi connectivity index (χ1v) is 10.3. The van der Waals surface area contributed by atoms with Gasteiger partial charge >= 0.3 is 5.69 Å². The summed E-state index contributed by atoms with van der Waals surface area (Å²) in [5, 5.41) is 13.6. The third kappa shape index (κ3) is 5.07. The van der Waals surface area contributed by atoms with Crippen LogP contribution < -0.4 is 21.3 Å². The fraction of sp³-hybridized carbons (Fsp3) is 0.0417. The Labute approximate surface area is 195 Å². The summed E-state index contributed by atoms with van der Waals surface area (Å²) in [6.07, 6.45) is 1.17. The maximum atomic E-state index is 12.4. The number of nitro groups is 1. The zero-order chi connectivity index (χ0) is 23.9. The molecular formula is C24H21N7O3. The number of benzene rings is 3. The highest BCUT2D eigenvalue weighted by molar-refractivity contribution is 5.95. The zero-order valence-corrected chi connectivity index (χ0v) is 18.2. The van der Waals surface area contributed by atoms with E-state index < -0.39 is 16.5 Å². The van der Waals surface area contributed by atoms with Gasteiger partial charge in [-0.05, 0) is 43.3 Å². The minimum absolute atomic E-state index is 0.0557. The molecular weight excluding hydrogens is 434 g/mol. The summed E-state index contributed by atoms with van der Waals surface area (Å²) < 4.78 is 0. The van der Waals surface area contributed by atoms with Gasteiger partial charge in [0.05, 0.1) is 16.3 Å². The predicted molar refractivity (Wildman–Crippen MR) is 130 cm³/mol. The monoisotopic (exact) mass is 455 g/mol. The Bertz CT molecular complexity index is 1240. The molecule has 0 saturated carbocycles. The van der Waals surface area contributed by atoms with Crippen molar-refractivity contribution in [3.05, 3.63) is 112 Å². The summed E-state index contributed by atoms with van der Waals surface area (Å²) in [7, 11) is 0. The van der Waals surface area contributed by atoms with E-state index in [0.29, 0.717) is 5.56 Å². The molecule has 0 aliphatic carbocycles. The Hall–Kier alpha value is -4.99. The normalized spacial score (nSPS) is 10.3. The molecule has 10 heteroatoms. The van der Waals surface area contributed by atoms with Crippen molar-refractivity contribution in [1.29, 1.82) is 0 Å². The number of carbonyl (C=O) groups is 1. The van der Waals surface area contributed by atoms with Crippen molar-refractivity contribution >= 4 is 34.6 Å². The van der Waals surface area contributed by atoms with E-state index in [1.807, 2.05) is 67.6 Å². The van der Waals surface area contributed by atoms with Crippen molar-refractivity contribution in [2.75, 3.05) is 15.9 Å². The molecule has 170 valence electrons. The van der Waals surface area contributed by atoms with E-state index in [9.17, 15) is 14.9 Å². The fourth-order valence-electron chi connectivity index (χ4n) is 3.16. The summed E-state index contributed by atoms with van der Waals surface area (Å²) >= 11 is 0. The number of aryl methyl sites for hydroxylation is 1. The molecule has 3 N–H and O–H groups in total. The molecule has 0 aliphatic rings. The first-order valence-electron chi connectivity index (χ1n) is 10.3. The Kier molecular flexibility index (Phi) is 6.59. The molecule has 4 aromatic rings. The highest BCUT2D eigenvalue weighted by Gasteiger charge is 2.25. The molecule has 1 amide bonds. The highest BCUT2D eigenvalue weighted by Crippen LogP contribution is 2.32. The number of aromatic nitrogens is 2. The quantitative estimate of drug-likeness (QED) is 0.260. The van der Waals surface area contributed by atoms with Crippen LogP contribution in [0.1, 0.15) is 15.9 Å². The maximum absolute atomic E-state index is 12.4. The van der Waals surface area contributed by atoms with Crippen molar-refractivity contribution in [2.45, 2.75) is 6.92 Å². The smallest absolute Gasteiger partial charge is 0.276 e. The van der Waals surface area contributed by atoms with Gasteiger partial charge in [-0.2, -0.15) is 0 Å². The van der Waals surface area contributed by atoms with E-state index in [-0.39, 0.29) is 11.6 Å². The van der Waals surface area contributed by atoms with Crippen molar-refractivity contribution in [3.63, 3.8) is 0 Å². The Morgan fingerprint density at radius 2 is 1.41 bits per heavy atom. The average molecular weight is 455 g/mol. The molecule has 0 saturated heterocycles. The average Bonchev–Trinajstić information content (AvgIpc) is 2.87. The SMILES string of the molecule is Cc1ccc(C(=O)NNc2ncnc(NN(c3ccccc3)c3ccccc3)c2[N+](=O)[O-])cc1. The van der Waals surface area contributed by atoms with Crippen molar-refractivity contribution < 1.29 is 9.72 Å². The van der Waals surface area contributed by atoms with E-state index in [1.54, 1.807) is 29.3 Å². The van der Waals surface area contributed by atoms with Crippen LogP contribution in [0.3, 0.4) is 0 Å². The van der Waals surface area contributed by atoms with Crippen LogP contribution in [0.25, 0.3) is 0 Å². The third-order valence-electron chi connectivity index (χ3n) is 4.86. The number of carbonyl (C=O) groups excluding carboxylic acids is 1. The summed E-state index contributed by atoms with van der Waals surface area (Å²) in [5.41, 5.74) is 10.5. The Balaban J connectivity index is 1.63. The van der Waals surface area contributed by atoms with E-state index in [2.05, 4.69) is 26.2 Å². The molecule has 0 unspecified atom stereocenters. The second-order valence-electron chi connectivity index (χ2n) is 7.24. The van der Waals surface area contributed by atoms with E-state index in [4.69, 9.17) is 0 Å². The Morgan fingerprint density at radius 3 is 1.97 bits per heavy atom. The fourth-order valence-corrected chi connectivity index (χ4v) is 3.16. The molecule has 0 fully saturated rings. The summed E-state index contributed by atoms with van der Waals surface area (Å²) in [4.78, 5) is 31.8. The second-order valence-corrected chi connectivity index (χ2v) is 7.24. The number of hydrogen-bond acceptors (Lipinski definition) is 8. The lowest BCUT2D eigenvalue weighted by atomic mass is 10.1. The molecule has 1 aromatic heterocycles. The summed E-state index contributed by atoms with van der Waals surface area (Å²) in [6, 6.07) is 25.5. The number of para-hydroxylation sites is 2. The number of hydrogen-bond donors (Lipinski definition) is 3. The minimum atomic E-state index is -0.614. The number of amides is 1. The zero-order valence-electron chi connectivity index (χ0n) is 18.2. The Morgan fingerprint density at radius 1 is 0.853 bits per heavy atom. The molecule has 0 aliphatic heterocycles. The van der Waals surface area contributed by atoms with Gasteiger partial charge in [0.1, 0.15) is 6.33 Å². The number of hydrazine groups is 2. The number of nitrogens with zero attached hydrogens (tertiary/aromatic N) is 4. The largest absolute Gasteiger partial charge is 0.356 e. The lowest BCUT2D eigenvalue weighted by molar-refractivity contribution is -0.383. The van der Waals surface area contributed by atoms with Crippen LogP contribution in [0.5, 0.6) is 0 Å². The minimum Gasteiger partial charge on any atom is -0.276 e. The van der Waals surface area contributed by atoms with Gasteiger partial charge in [-0.15, -0.1) is 0 Å². The maximum Gasteiger partial charge on any atom is 0.356 e. The number of anilines is 4. The lowest BCUT2D eigenvalue weighted by Crippen LogP contribution is -2.31. The van der Waals surface area contributed by atoms with Crippen molar-refractivity contribution in [1.82, 2.24) is 15.4 Å². The summed E-state index contributed by atoms with van der Waals surface area (Å²) in [6.45, 7) is 1.91. The van der Waals surface area contributed by atoms with Gasteiger partial charge < -0.3 is 0 Å². The summed E-state index contributed by atoms with van der Waals surface area (Å²) in [5.74, 6) is -0.679. The molecule has 4 rings (SSSR count). The molecule has 3 aromatic carbocycles. The van der Waals surface area contributed by atoms with E-state index in [0.717, 1.165) is 16.9 Å². The van der Waals surface area contributed by atoms with Gasteiger partial charge in [-0.3, -0.25) is 36.2 Å². The van der Waals surface area contributed by atoms with Crippen LogP contribution in [0.2, 0.25) is 0 Å². The van der Waals surface area contributed by atoms with Crippen LogP contribution in [0.15, 0.2) is 91.3 Å². The molecule has 0 radical (unpaired) electrons. The van der Waals surface area contributed by atoms with Crippen molar-refractivity contribution in [2.24, 2.45) is 0 Å². The van der Waals surface area contributed by atoms with Gasteiger partial charge in [-0.1, -0.05) is 54.1 Å². The molecule has 34 heavy (non-hydrogen) atoms. The molecule has 0 spiro atoms. The molecule has 10 nitrogen and oxygen atoms in total. The van der Waals surface area contributed by atoms with Gasteiger partial charge in [0.25, 0.3) is 5.91 Å². The first kappa shape index (κ1) is 22.2. The highest BCUT2D eigenvalue weighted by atomic mass is 16.6. The van der Waals surface area contributed by atoms with Gasteiger partial charge in [0, 0.05) is 5.56 Å². The van der Waals surface area contributed by atoms with E-state index in [1.165, 1.54) is 6.33 Å². The lowest BCUT2D eigenvalue weighted by Gasteiger charge is -2.26. The van der Waals surface area contributed by atoms with E-state index >= 15 is 0 Å². The van der Waals surface area contributed by atoms with Crippen LogP contribution in [0.4, 0.5) is 28.7 Å². The second kappa shape index (κ2) is 10.1. The topological polar surface area (TPSA) is 125 Å². The van der Waals surface area contributed by atoms with Crippen LogP contribution in [-0.4, -0.2) is 20.8 Å². The molecule has 0 atom stereocenters. The van der Waals surface area contributed by atoms with Gasteiger partial charge in [-0.25, -0.2) is 9.97 Å². The van der Waals surface area contributed by atoms with Crippen LogP contribution >= 0.6 is 0 Å².